The van der Waals surface area contributed by atoms with Crippen molar-refractivity contribution in [2.24, 2.45) is 0 Å². The van der Waals surface area contributed by atoms with Crippen LogP contribution in [-0.4, -0.2) is 16.3 Å². The molecule has 1 aliphatic heterocycles. The monoisotopic (exact) mass is 199 g/mol. The molecule has 0 aliphatic carbocycles. The number of fused-ring (bicyclic) bond motifs is 1. The van der Waals surface area contributed by atoms with Crippen LogP contribution in [0.5, 0.6) is 0 Å². The van der Waals surface area contributed by atoms with Crippen LogP contribution in [-0.2, 0) is 11.0 Å². The molecule has 0 amide bonds. The first-order chi connectivity index (χ1) is 6.09. The molecule has 0 aromatic heterocycles. The van der Waals surface area contributed by atoms with E-state index >= 15 is 0 Å². The van der Waals surface area contributed by atoms with Crippen LogP contribution in [0.25, 0.3) is 0 Å². The molecule has 0 saturated heterocycles. The summed E-state index contributed by atoms with van der Waals surface area (Å²) in [5.41, 5.74) is 1.67. The molecule has 13 heavy (non-hydrogen) atoms. The van der Waals surface area contributed by atoms with E-state index in [1.54, 1.807) is 12.1 Å². The molecule has 0 saturated carbocycles. The van der Waals surface area contributed by atoms with Gasteiger partial charge in [0.1, 0.15) is 0 Å². The zero-order valence-electron chi connectivity index (χ0n) is 6.92. The minimum absolute atomic E-state index is 0.406. The van der Waals surface area contributed by atoms with Gasteiger partial charge < -0.3 is 9.79 Å². The number of rotatable bonds is 1. The lowest BCUT2D eigenvalue weighted by Crippen LogP contribution is -2.15. The summed E-state index contributed by atoms with van der Waals surface area (Å²) in [5, 5.41) is 0. The molecule has 2 N–H and O–H groups in total. The molecule has 1 aliphatic rings. The number of hydrogen-bond acceptors (Lipinski definition) is 1. The SMILES string of the molecule is O=P(O)(O)N1CCc2ccccc21. The molecule has 1 heterocycles. The van der Waals surface area contributed by atoms with Crippen molar-refractivity contribution in [3.63, 3.8) is 0 Å². The fourth-order valence-electron chi connectivity index (χ4n) is 1.59. The summed E-state index contributed by atoms with van der Waals surface area (Å²) in [5.74, 6) is 0. The number of benzene rings is 1. The number of para-hydroxylation sites is 1. The van der Waals surface area contributed by atoms with Crippen LogP contribution in [0.1, 0.15) is 5.56 Å². The first-order valence-corrected chi connectivity index (χ1v) is 5.57. The van der Waals surface area contributed by atoms with Crippen molar-refractivity contribution in [3.8, 4) is 0 Å². The van der Waals surface area contributed by atoms with Crippen LogP contribution in [0.15, 0.2) is 24.3 Å². The Bertz CT molecular complexity index is 373. The van der Waals surface area contributed by atoms with Crippen LogP contribution >= 0.6 is 7.75 Å². The maximum absolute atomic E-state index is 11.0. The Kier molecular flexibility index (Phi) is 1.91. The standard InChI is InChI=1S/C8H10NO3P/c10-13(11,12)9-6-5-7-3-1-2-4-8(7)9/h1-4H,5-6H2,(H2,10,11,12). The highest BCUT2D eigenvalue weighted by molar-refractivity contribution is 7.53. The lowest BCUT2D eigenvalue weighted by Gasteiger charge is -2.19. The Morgan fingerprint density at radius 3 is 2.69 bits per heavy atom. The molecule has 0 atom stereocenters. The molecule has 0 bridgehead atoms. The van der Waals surface area contributed by atoms with Crippen LogP contribution in [0.2, 0.25) is 0 Å². The second kappa shape index (κ2) is 2.84. The van der Waals surface area contributed by atoms with E-state index in [4.69, 9.17) is 9.79 Å². The van der Waals surface area contributed by atoms with Gasteiger partial charge in [0.05, 0.1) is 0 Å². The van der Waals surface area contributed by atoms with Gasteiger partial charge >= 0.3 is 7.75 Å². The summed E-state index contributed by atoms with van der Waals surface area (Å²) in [6.07, 6.45) is 0.710. The minimum Gasteiger partial charge on any atom is -0.308 e. The molecule has 4 nitrogen and oxygen atoms in total. The van der Waals surface area contributed by atoms with Crippen molar-refractivity contribution >= 4 is 13.4 Å². The molecule has 1 aromatic rings. The number of hydrogen-bond donors (Lipinski definition) is 2. The quantitative estimate of drug-likeness (QED) is 0.666. The fraction of sp³-hybridized carbons (Fsp3) is 0.250. The van der Waals surface area contributed by atoms with Crippen molar-refractivity contribution < 1.29 is 14.4 Å². The van der Waals surface area contributed by atoms with Crippen molar-refractivity contribution in [2.75, 3.05) is 11.2 Å². The Hall–Kier alpha value is -0.830. The molecule has 70 valence electrons. The van der Waals surface area contributed by atoms with Crippen LogP contribution in [0, 0.1) is 0 Å². The van der Waals surface area contributed by atoms with E-state index in [9.17, 15) is 4.57 Å². The Morgan fingerprint density at radius 2 is 2.00 bits per heavy atom. The van der Waals surface area contributed by atoms with E-state index in [-0.39, 0.29) is 0 Å². The third-order valence-electron chi connectivity index (χ3n) is 2.18. The predicted octanol–water partition coefficient (Wildman–Crippen LogP) is 1.14. The topological polar surface area (TPSA) is 60.8 Å². The molecular formula is C8H10NO3P. The highest BCUT2D eigenvalue weighted by atomic mass is 31.2. The molecule has 0 unspecified atom stereocenters. The molecular weight excluding hydrogens is 189 g/mol. The second-order valence-corrected chi connectivity index (χ2v) is 4.52. The third kappa shape index (κ3) is 1.48. The number of nitrogens with zero attached hydrogens (tertiary/aromatic N) is 1. The Labute approximate surface area is 76.0 Å². The number of anilines is 1. The van der Waals surface area contributed by atoms with Gasteiger partial charge in [-0.05, 0) is 18.1 Å². The maximum Gasteiger partial charge on any atom is 0.430 e. The van der Waals surface area contributed by atoms with E-state index in [0.29, 0.717) is 18.7 Å². The summed E-state index contributed by atoms with van der Waals surface area (Å²) in [6.45, 7) is 0.406. The molecule has 0 fully saturated rings. The van der Waals surface area contributed by atoms with Crippen molar-refractivity contribution in [2.45, 2.75) is 6.42 Å². The van der Waals surface area contributed by atoms with Crippen LogP contribution in [0.3, 0.4) is 0 Å². The first-order valence-electron chi connectivity index (χ1n) is 4.00. The molecule has 2 rings (SSSR count). The maximum atomic E-state index is 11.0. The zero-order valence-corrected chi connectivity index (χ0v) is 7.82. The molecule has 5 heteroatoms. The largest absolute Gasteiger partial charge is 0.430 e. The molecule has 0 radical (unpaired) electrons. The Morgan fingerprint density at radius 1 is 1.31 bits per heavy atom. The van der Waals surface area contributed by atoms with Crippen molar-refractivity contribution in [3.05, 3.63) is 29.8 Å². The van der Waals surface area contributed by atoms with E-state index in [1.165, 1.54) is 0 Å². The summed E-state index contributed by atoms with van der Waals surface area (Å²) in [4.78, 5) is 18.0. The fourth-order valence-corrected chi connectivity index (χ4v) is 2.43. The van der Waals surface area contributed by atoms with Gasteiger partial charge in [-0.25, -0.2) is 4.57 Å². The minimum atomic E-state index is -4.11. The normalized spacial score (nSPS) is 16.0. The summed E-state index contributed by atoms with van der Waals surface area (Å²) >= 11 is 0. The smallest absolute Gasteiger partial charge is 0.308 e. The predicted molar refractivity (Wildman–Crippen MR) is 49.5 cm³/mol. The van der Waals surface area contributed by atoms with Gasteiger partial charge in [0, 0.05) is 12.2 Å². The first kappa shape index (κ1) is 8.75. The van der Waals surface area contributed by atoms with Gasteiger partial charge in [0.15, 0.2) is 0 Å². The van der Waals surface area contributed by atoms with Gasteiger partial charge in [-0.1, -0.05) is 18.2 Å². The van der Waals surface area contributed by atoms with Crippen molar-refractivity contribution in [1.29, 1.82) is 0 Å². The second-order valence-electron chi connectivity index (χ2n) is 3.02. The lowest BCUT2D eigenvalue weighted by molar-refractivity contribution is 0.369. The van der Waals surface area contributed by atoms with Gasteiger partial charge in [-0.2, -0.15) is 0 Å². The van der Waals surface area contributed by atoms with E-state index in [1.807, 2.05) is 12.1 Å². The van der Waals surface area contributed by atoms with Gasteiger partial charge in [-0.15, -0.1) is 0 Å². The average Bonchev–Trinajstić information content (AvgIpc) is 2.45. The summed E-state index contributed by atoms with van der Waals surface area (Å²) in [7, 11) is -4.11. The average molecular weight is 199 g/mol. The summed E-state index contributed by atoms with van der Waals surface area (Å²) < 4.78 is 12.2. The van der Waals surface area contributed by atoms with Crippen LogP contribution in [0.4, 0.5) is 5.69 Å². The third-order valence-corrected chi connectivity index (χ3v) is 3.22. The van der Waals surface area contributed by atoms with Gasteiger partial charge in [0.2, 0.25) is 0 Å². The zero-order chi connectivity index (χ0) is 9.47. The Balaban J connectivity index is 2.45. The van der Waals surface area contributed by atoms with E-state index < -0.39 is 7.75 Å². The highest BCUT2D eigenvalue weighted by Crippen LogP contribution is 2.47. The lowest BCUT2D eigenvalue weighted by atomic mass is 10.2. The van der Waals surface area contributed by atoms with Crippen LogP contribution < -0.4 is 4.67 Å². The van der Waals surface area contributed by atoms with E-state index in [2.05, 4.69) is 0 Å². The van der Waals surface area contributed by atoms with Gasteiger partial charge in [-0.3, -0.25) is 4.67 Å². The van der Waals surface area contributed by atoms with Crippen molar-refractivity contribution in [1.82, 2.24) is 0 Å². The van der Waals surface area contributed by atoms with E-state index in [0.717, 1.165) is 10.2 Å². The highest BCUT2D eigenvalue weighted by Gasteiger charge is 2.31. The molecule has 0 spiro atoms. The summed E-state index contributed by atoms with van der Waals surface area (Å²) in [6, 6.07) is 7.29. The molecule has 1 aromatic carbocycles. The van der Waals surface area contributed by atoms with Gasteiger partial charge in [0.25, 0.3) is 0 Å².